The number of pyridine rings is 1. The lowest BCUT2D eigenvalue weighted by molar-refractivity contribution is -0.248. The molecule has 510 valence electrons. The van der Waals surface area contributed by atoms with Gasteiger partial charge in [0.15, 0.2) is 10.8 Å². The number of benzene rings is 4. The van der Waals surface area contributed by atoms with Crippen molar-refractivity contribution in [1.82, 2.24) is 30.0 Å². The van der Waals surface area contributed by atoms with E-state index in [1.54, 1.807) is 24.4 Å². The molecule has 0 radical (unpaired) electrons. The van der Waals surface area contributed by atoms with E-state index >= 15 is 0 Å². The molecule has 20 nitrogen and oxygen atoms in total. The van der Waals surface area contributed by atoms with E-state index in [1.165, 1.54) is 21.7 Å². The molecule has 5 aliphatic rings. The number of hydrogen-bond acceptors (Lipinski definition) is 17. The molecule has 2 atom stereocenters. The van der Waals surface area contributed by atoms with Gasteiger partial charge in [-0.15, -0.1) is 0 Å². The quantitative estimate of drug-likeness (QED) is 0.0141. The molecule has 4 heterocycles. The topological polar surface area (TPSA) is 254 Å². The fourth-order valence-electron chi connectivity index (χ4n) is 16.6. The van der Waals surface area contributed by atoms with Crippen LogP contribution in [0.1, 0.15) is 131 Å². The highest BCUT2D eigenvalue weighted by atomic mass is 32.2. The summed E-state index contributed by atoms with van der Waals surface area (Å²) in [6, 6.07) is 35.7. The van der Waals surface area contributed by atoms with Crippen LogP contribution in [0.25, 0.3) is 21.3 Å². The first-order valence-electron chi connectivity index (χ1n) is 33.0. The van der Waals surface area contributed by atoms with Crippen molar-refractivity contribution in [2.75, 3.05) is 87.9 Å². The third kappa shape index (κ3) is 15.9. The molecule has 3 aromatic heterocycles. The van der Waals surface area contributed by atoms with Crippen molar-refractivity contribution in [2.24, 2.45) is 21.7 Å². The van der Waals surface area contributed by atoms with E-state index in [-0.39, 0.29) is 82.8 Å². The van der Waals surface area contributed by atoms with Crippen LogP contribution in [0.5, 0.6) is 5.75 Å². The number of nitrogens with zero attached hydrogens (tertiary/aromatic N) is 6. The first kappa shape index (κ1) is 69.9. The Bertz CT molecular complexity index is 4070. The van der Waals surface area contributed by atoms with Gasteiger partial charge in [-0.1, -0.05) is 133 Å². The molecule has 4 fully saturated rings. The maximum Gasteiger partial charge on any atom is 0.355 e. The van der Waals surface area contributed by atoms with Gasteiger partial charge in [0.25, 0.3) is 34.5 Å². The number of rotatable bonds is 30. The van der Waals surface area contributed by atoms with E-state index in [0.717, 1.165) is 60.0 Å². The van der Waals surface area contributed by atoms with Crippen LogP contribution < -0.4 is 30.6 Å². The summed E-state index contributed by atoms with van der Waals surface area (Å²) in [6.07, 6.45) is 8.67. The second-order valence-electron chi connectivity index (χ2n) is 29.7. The van der Waals surface area contributed by atoms with E-state index in [2.05, 4.69) is 98.8 Å². The molecular formula is C71H92N8O12S3Si. The summed E-state index contributed by atoms with van der Waals surface area (Å²) in [7, 11) is -8.90. The molecule has 4 aromatic carbocycles. The Kier molecular flexibility index (Phi) is 20.2. The molecule has 4 aliphatic carbocycles. The fraction of sp³-hybridized carbons (Fsp3) is 0.507. The van der Waals surface area contributed by atoms with Gasteiger partial charge in [0.05, 0.1) is 46.7 Å². The number of nitrogens with one attached hydrogen (secondary N) is 2. The number of amides is 1. The number of thiazole rings is 1. The average molecular weight is 1370 g/mol. The van der Waals surface area contributed by atoms with E-state index in [1.807, 2.05) is 84.8 Å². The van der Waals surface area contributed by atoms with Gasteiger partial charge in [-0.2, -0.15) is 21.9 Å². The van der Waals surface area contributed by atoms with Crippen molar-refractivity contribution in [3.8, 4) is 16.9 Å². The van der Waals surface area contributed by atoms with Crippen molar-refractivity contribution < 1.29 is 54.2 Å². The second kappa shape index (κ2) is 27.5. The van der Waals surface area contributed by atoms with Crippen molar-refractivity contribution >= 4 is 83.3 Å². The third-order valence-corrected chi connectivity index (χ3v) is 27.8. The number of aromatic carboxylic acids is 1. The zero-order valence-corrected chi connectivity index (χ0v) is 59.7. The Labute approximate surface area is 564 Å². The van der Waals surface area contributed by atoms with Crippen LogP contribution in [-0.2, 0) is 53.1 Å². The molecule has 12 rings (SSSR count). The minimum absolute atomic E-state index is 0.00419. The molecule has 0 saturated heterocycles. The van der Waals surface area contributed by atoms with Crippen LogP contribution in [0.3, 0.4) is 0 Å². The number of likely N-dealkylation sites (N-methyl/N-ethyl adjacent to an activating group) is 1. The standard InChI is InChI=1S/C71H92N8O12S3Si/c1-50-56(40-73-79(50)48-70-43-68(7)42-69(8,44-70)46-71(45-68,47-70)89-37-33-77(9)34-39-93(83,84)85)54-25-27-61(75-62(54)64(81)82)78-32-28-53-57(41-78)55(63(80)76-65-74-58-22-16-17-23-60(58)92-65)24-26-59(53)88-36-30-72-31-38-94(86,87)90-49-67(5,6)29-35-91-95(66(2,3)4,51-18-12-10-13-19-51)52-20-14-11-15-21-52/h10-27,40,72H,28-39,41-49H2,1-9H3,(H,81,82)(H,74,76,80)(H,83,84,85). The zero-order chi connectivity index (χ0) is 67.8. The number of carbonyl (C=O) groups excluding carboxylic acids is 1. The van der Waals surface area contributed by atoms with Crippen LogP contribution >= 0.6 is 11.3 Å². The molecule has 95 heavy (non-hydrogen) atoms. The first-order chi connectivity index (χ1) is 44.9. The average Bonchev–Trinajstić information content (AvgIpc) is 1.03. The number of carboxylic acids is 1. The van der Waals surface area contributed by atoms with Crippen LogP contribution in [0, 0.1) is 28.6 Å². The van der Waals surface area contributed by atoms with Crippen LogP contribution in [-0.4, -0.2) is 155 Å². The lowest BCUT2D eigenvalue weighted by atomic mass is 9.39. The van der Waals surface area contributed by atoms with Crippen molar-refractivity contribution in [1.29, 1.82) is 0 Å². The Morgan fingerprint density at radius 2 is 1.45 bits per heavy atom. The minimum Gasteiger partial charge on any atom is -0.492 e. The highest BCUT2D eigenvalue weighted by Gasteiger charge is 2.66. The molecule has 4 bridgehead atoms. The zero-order valence-electron chi connectivity index (χ0n) is 56.2. The van der Waals surface area contributed by atoms with Gasteiger partial charge < -0.3 is 34.1 Å². The summed E-state index contributed by atoms with van der Waals surface area (Å²) in [5.41, 5.74) is 3.69. The van der Waals surface area contributed by atoms with Gasteiger partial charge in [-0.05, 0) is 144 Å². The number of carbonyl (C=O) groups is 2. The largest absolute Gasteiger partial charge is 0.492 e. The summed E-state index contributed by atoms with van der Waals surface area (Å²) >= 11 is 1.38. The van der Waals surface area contributed by atoms with Crippen LogP contribution in [0.15, 0.2) is 115 Å². The Morgan fingerprint density at radius 1 is 0.768 bits per heavy atom. The monoisotopic (exact) mass is 1370 g/mol. The lowest BCUT2D eigenvalue weighted by Crippen LogP contribution is -2.66. The van der Waals surface area contributed by atoms with Crippen LogP contribution in [0.2, 0.25) is 5.04 Å². The summed E-state index contributed by atoms with van der Waals surface area (Å²) in [6.45, 7) is 21.0. The van der Waals surface area contributed by atoms with Gasteiger partial charge >= 0.3 is 5.97 Å². The van der Waals surface area contributed by atoms with Gasteiger partial charge in [-0.3, -0.25) is 23.5 Å². The van der Waals surface area contributed by atoms with E-state index < -0.39 is 39.9 Å². The van der Waals surface area contributed by atoms with Crippen molar-refractivity contribution in [3.05, 3.63) is 143 Å². The molecule has 0 spiro atoms. The second-order valence-corrected chi connectivity index (χ2v) is 38.4. The minimum atomic E-state index is -4.07. The highest BCUT2D eigenvalue weighted by molar-refractivity contribution is 7.86. The van der Waals surface area contributed by atoms with E-state index in [0.29, 0.717) is 91.2 Å². The lowest BCUT2D eigenvalue weighted by Gasteiger charge is -2.69. The third-order valence-electron chi connectivity index (χ3n) is 19.9. The van der Waals surface area contributed by atoms with Gasteiger partial charge in [-0.25, -0.2) is 14.8 Å². The molecule has 24 heteroatoms. The molecule has 7 aromatic rings. The number of ether oxygens (including phenoxy) is 2. The number of para-hydroxylation sites is 1. The maximum atomic E-state index is 14.4. The first-order valence-corrected chi connectivity index (χ1v) is 38.9. The molecule has 4 saturated carbocycles. The molecule has 1 aliphatic heterocycles. The molecule has 4 N–H and O–H groups in total. The fourth-order valence-corrected chi connectivity index (χ4v) is 23.6. The van der Waals surface area contributed by atoms with Crippen molar-refractivity contribution in [3.63, 3.8) is 0 Å². The molecular weight excluding hydrogens is 1280 g/mol. The Morgan fingerprint density at radius 3 is 2.12 bits per heavy atom. The summed E-state index contributed by atoms with van der Waals surface area (Å²) in [5.74, 6) is -1.10. The van der Waals surface area contributed by atoms with Crippen LogP contribution in [0.4, 0.5) is 10.9 Å². The normalized spacial score (nSPS) is 21.4. The summed E-state index contributed by atoms with van der Waals surface area (Å²) in [4.78, 5) is 41.1. The summed E-state index contributed by atoms with van der Waals surface area (Å²) < 4.78 is 87.8. The highest BCUT2D eigenvalue weighted by Crippen LogP contribution is 2.72. The number of fused-ring (bicyclic) bond motifs is 2. The summed E-state index contributed by atoms with van der Waals surface area (Å²) in [5, 5.41) is 24.7. The number of hydrogen-bond donors (Lipinski definition) is 4. The Hall–Kier alpha value is -6.45. The maximum absolute atomic E-state index is 14.4. The predicted octanol–water partition coefficient (Wildman–Crippen LogP) is 10.6. The van der Waals surface area contributed by atoms with Gasteiger partial charge in [0.1, 0.15) is 18.2 Å². The Balaban J connectivity index is 0.737. The number of aromatic nitrogens is 4. The van der Waals surface area contributed by atoms with Crippen molar-refractivity contribution in [2.45, 2.75) is 130 Å². The number of carboxylic acid groups (broad SMARTS) is 1. The van der Waals surface area contributed by atoms with Gasteiger partial charge in [0, 0.05) is 80.4 Å². The van der Waals surface area contributed by atoms with E-state index in [4.69, 9.17) is 28.2 Å². The predicted molar refractivity (Wildman–Crippen MR) is 375 cm³/mol. The van der Waals surface area contributed by atoms with E-state index in [9.17, 15) is 36.1 Å². The molecule has 1 amide bonds. The smallest absolute Gasteiger partial charge is 0.355 e. The SMILES string of the molecule is Cc1c(-c2ccc(N3CCc4c(OCCNCCS(=O)(=O)OCC(C)(C)CCO[Si](c5ccccc5)(c5ccccc5)C(C)(C)C)ccc(C(=O)Nc5nc6ccccc6s5)c4C3)nc2C(=O)O)cnn1CC12CC3(C)CC(C)(C1)CC(OCCN(C)CCS(=O)(=O)O)(C3)C2. The van der Waals surface area contributed by atoms with Gasteiger partial charge in [0.2, 0.25) is 0 Å². The number of anilines is 2. The molecule has 2 unspecified atom stereocenters.